The number of likely N-dealkylation sites (N-methyl/N-ethyl adjacent to an activating group) is 1. The van der Waals surface area contributed by atoms with E-state index >= 15 is 0 Å². The Morgan fingerprint density at radius 1 is 1.06 bits per heavy atom. The number of carbonyl (C=O) groups is 2. The number of aliphatic hydroxyl groups is 2. The summed E-state index contributed by atoms with van der Waals surface area (Å²) in [7, 11) is 1.81. The molecule has 4 saturated carbocycles. The van der Waals surface area contributed by atoms with E-state index in [9.17, 15) is 24.9 Å². The van der Waals surface area contributed by atoms with Crippen LogP contribution >= 0.6 is 0 Å². The first-order valence-electron chi connectivity index (χ1n) is 13.3. The highest BCUT2D eigenvalue weighted by molar-refractivity contribution is 5.84. The molecule has 4 aliphatic carbocycles. The lowest BCUT2D eigenvalue weighted by atomic mass is 9.41. The second kappa shape index (κ2) is 9.23. The number of ketones is 1. The predicted molar refractivity (Wildman–Crippen MR) is 126 cm³/mol. The van der Waals surface area contributed by atoms with Gasteiger partial charge in [0.25, 0.3) is 0 Å². The zero-order valence-electron chi connectivity index (χ0n) is 20.9. The van der Waals surface area contributed by atoms with Crippen molar-refractivity contribution >= 4 is 11.8 Å². The Balaban J connectivity index is 1.62. The molecule has 4 N–H and O–H groups in total. The van der Waals surface area contributed by atoms with Crippen LogP contribution in [0.3, 0.4) is 0 Å². The van der Waals surface area contributed by atoms with E-state index in [0.717, 1.165) is 32.1 Å². The zero-order chi connectivity index (χ0) is 24.1. The maximum Gasteiger partial charge on any atom is 0.303 e. The number of aliphatic hydroxyl groups excluding tert-OH is 2. The molecular formula is C27H45NO5. The normalized spacial score (nSPS) is 47.8. The van der Waals surface area contributed by atoms with Crippen molar-refractivity contribution in [1.29, 1.82) is 0 Å². The minimum Gasteiger partial charge on any atom is -0.481 e. The summed E-state index contributed by atoms with van der Waals surface area (Å²) in [4.78, 5) is 24.4. The minimum atomic E-state index is -0.719. The lowest BCUT2D eigenvalue weighted by molar-refractivity contribution is -0.196. The predicted octanol–water partition coefficient (Wildman–Crippen LogP) is 3.49. The molecule has 4 fully saturated rings. The standard InChI is InChI=1S/C27H45NO5/c1-15(5-8-24(32)33)18-6-7-19-25-20(9-10-26(18,19)2)27(3)16(12-22(25)30)11-17(29)13-21(27)23(31)14-28-4/h15-22,25,28-30H,5-14H2,1-4H3,(H,32,33)/t15-,16?,17-,18-,19?,20?,21?,22+,25?,26-,27+/m1/s1. The van der Waals surface area contributed by atoms with Crippen LogP contribution in [0.4, 0.5) is 0 Å². The number of nitrogens with one attached hydrogen (secondary N) is 1. The van der Waals surface area contributed by atoms with Crippen molar-refractivity contribution in [2.45, 2.75) is 90.8 Å². The Morgan fingerprint density at radius 2 is 1.79 bits per heavy atom. The van der Waals surface area contributed by atoms with Crippen LogP contribution in [0.1, 0.15) is 78.6 Å². The quantitative estimate of drug-likeness (QED) is 0.460. The van der Waals surface area contributed by atoms with Crippen molar-refractivity contribution in [3.63, 3.8) is 0 Å². The van der Waals surface area contributed by atoms with Gasteiger partial charge in [-0.3, -0.25) is 9.59 Å². The summed E-state index contributed by atoms with van der Waals surface area (Å²) in [5.74, 6) is 1.30. The maximum atomic E-state index is 13.2. The minimum absolute atomic E-state index is 0.127. The van der Waals surface area contributed by atoms with E-state index in [1.54, 1.807) is 7.05 Å². The summed E-state index contributed by atoms with van der Waals surface area (Å²) >= 11 is 0. The first-order valence-corrected chi connectivity index (χ1v) is 13.3. The molecule has 11 atom stereocenters. The Labute approximate surface area is 198 Å². The molecule has 4 rings (SSSR count). The Morgan fingerprint density at radius 3 is 2.45 bits per heavy atom. The Hall–Kier alpha value is -0.980. The molecule has 0 spiro atoms. The van der Waals surface area contributed by atoms with Crippen LogP contribution in [-0.2, 0) is 9.59 Å². The number of carboxylic acids is 1. The van der Waals surface area contributed by atoms with Gasteiger partial charge in [-0.1, -0.05) is 20.8 Å². The highest BCUT2D eigenvalue weighted by atomic mass is 16.4. The zero-order valence-corrected chi connectivity index (χ0v) is 20.9. The Bertz CT molecular complexity index is 757. The average Bonchev–Trinajstić information content (AvgIpc) is 3.10. The monoisotopic (exact) mass is 463 g/mol. The molecule has 6 heteroatoms. The van der Waals surface area contributed by atoms with E-state index in [-0.39, 0.29) is 46.9 Å². The van der Waals surface area contributed by atoms with Gasteiger partial charge in [-0.2, -0.15) is 0 Å². The number of Topliss-reactive ketones (excluding diaryl/α,β-unsaturated/α-hetero) is 1. The number of fused-ring (bicyclic) bond motifs is 5. The van der Waals surface area contributed by atoms with E-state index in [1.165, 1.54) is 0 Å². The molecule has 5 unspecified atom stereocenters. The van der Waals surface area contributed by atoms with Crippen LogP contribution in [0.2, 0.25) is 0 Å². The van der Waals surface area contributed by atoms with Gasteiger partial charge < -0.3 is 20.6 Å². The van der Waals surface area contributed by atoms with Gasteiger partial charge in [-0.05, 0) is 105 Å². The summed E-state index contributed by atoms with van der Waals surface area (Å²) in [6.07, 6.45) is 6.34. The number of hydrogen-bond acceptors (Lipinski definition) is 5. The van der Waals surface area contributed by atoms with Gasteiger partial charge in [-0.25, -0.2) is 0 Å². The van der Waals surface area contributed by atoms with Gasteiger partial charge >= 0.3 is 5.97 Å². The van der Waals surface area contributed by atoms with Gasteiger partial charge in [0.2, 0.25) is 0 Å². The van der Waals surface area contributed by atoms with Gasteiger partial charge in [0.15, 0.2) is 0 Å². The van der Waals surface area contributed by atoms with E-state index < -0.39 is 12.1 Å². The second-order valence-electron chi connectivity index (χ2n) is 12.5. The van der Waals surface area contributed by atoms with Crippen molar-refractivity contribution < 1.29 is 24.9 Å². The number of carbonyl (C=O) groups excluding carboxylic acids is 1. The molecule has 0 amide bonds. The first kappa shape index (κ1) is 25.1. The van der Waals surface area contributed by atoms with E-state index in [0.29, 0.717) is 49.5 Å². The van der Waals surface area contributed by atoms with Crippen LogP contribution in [0, 0.1) is 52.3 Å². The van der Waals surface area contributed by atoms with Crippen LogP contribution < -0.4 is 5.32 Å². The molecule has 33 heavy (non-hydrogen) atoms. The highest BCUT2D eigenvalue weighted by Crippen LogP contribution is 2.69. The number of aliphatic carboxylic acids is 1. The van der Waals surface area contributed by atoms with E-state index in [2.05, 4.69) is 26.1 Å². The fraction of sp³-hybridized carbons (Fsp3) is 0.926. The molecule has 6 nitrogen and oxygen atoms in total. The fourth-order valence-electron chi connectivity index (χ4n) is 9.61. The molecular weight excluding hydrogens is 418 g/mol. The third kappa shape index (κ3) is 4.08. The van der Waals surface area contributed by atoms with Crippen molar-refractivity contribution in [3.8, 4) is 0 Å². The van der Waals surface area contributed by atoms with E-state index in [1.807, 2.05) is 0 Å². The van der Waals surface area contributed by atoms with Gasteiger partial charge in [0, 0.05) is 12.3 Å². The maximum absolute atomic E-state index is 13.2. The molecule has 0 heterocycles. The number of hydrogen-bond donors (Lipinski definition) is 4. The lowest BCUT2D eigenvalue weighted by Crippen LogP contribution is -2.62. The lowest BCUT2D eigenvalue weighted by Gasteiger charge is -2.64. The van der Waals surface area contributed by atoms with Crippen molar-refractivity contribution in [1.82, 2.24) is 5.32 Å². The molecule has 0 aromatic rings. The number of rotatable bonds is 7. The molecule has 4 aliphatic rings. The third-order valence-electron chi connectivity index (χ3n) is 11.1. The molecule has 0 aromatic heterocycles. The second-order valence-corrected chi connectivity index (χ2v) is 12.5. The summed E-state index contributed by atoms with van der Waals surface area (Å²) in [5.41, 5.74) is -0.0483. The third-order valence-corrected chi connectivity index (χ3v) is 11.1. The van der Waals surface area contributed by atoms with Crippen LogP contribution in [0.5, 0.6) is 0 Å². The van der Waals surface area contributed by atoms with Crippen LogP contribution in [0.15, 0.2) is 0 Å². The first-order chi connectivity index (χ1) is 15.5. The van der Waals surface area contributed by atoms with Gasteiger partial charge in [0.05, 0.1) is 18.8 Å². The van der Waals surface area contributed by atoms with Crippen LogP contribution in [0.25, 0.3) is 0 Å². The largest absolute Gasteiger partial charge is 0.481 e. The van der Waals surface area contributed by atoms with Gasteiger partial charge in [0.1, 0.15) is 5.78 Å². The topological polar surface area (TPSA) is 107 Å². The van der Waals surface area contributed by atoms with Gasteiger partial charge in [-0.15, -0.1) is 0 Å². The molecule has 0 saturated heterocycles. The summed E-state index contributed by atoms with van der Waals surface area (Å²) in [5, 5.41) is 34.3. The van der Waals surface area contributed by atoms with E-state index in [4.69, 9.17) is 0 Å². The average molecular weight is 464 g/mol. The molecule has 0 aliphatic heterocycles. The molecule has 188 valence electrons. The molecule has 0 radical (unpaired) electrons. The molecule has 0 aromatic carbocycles. The van der Waals surface area contributed by atoms with Crippen molar-refractivity contribution in [2.24, 2.45) is 52.3 Å². The van der Waals surface area contributed by atoms with Crippen molar-refractivity contribution in [3.05, 3.63) is 0 Å². The number of carboxylic acid groups (broad SMARTS) is 1. The SMILES string of the molecule is CNCC(=O)C1C[C@H](O)CC2C[C@H](O)C3C(CC[C@@]4(C)C3CC[C@@H]4[C@H](C)CCC(=O)O)[C@]21C. The summed E-state index contributed by atoms with van der Waals surface area (Å²) < 4.78 is 0. The fourth-order valence-corrected chi connectivity index (χ4v) is 9.61. The van der Waals surface area contributed by atoms with Crippen molar-refractivity contribution in [2.75, 3.05) is 13.6 Å². The van der Waals surface area contributed by atoms with Crippen LogP contribution in [-0.4, -0.2) is 52.9 Å². The Kier molecular flexibility index (Phi) is 7.03. The molecule has 0 bridgehead atoms. The summed E-state index contributed by atoms with van der Waals surface area (Å²) in [6.45, 7) is 7.26. The summed E-state index contributed by atoms with van der Waals surface area (Å²) in [6, 6.07) is 0. The smallest absolute Gasteiger partial charge is 0.303 e. The highest BCUT2D eigenvalue weighted by Gasteiger charge is 2.65.